The van der Waals surface area contributed by atoms with E-state index in [0.717, 1.165) is 0 Å². The highest BCUT2D eigenvalue weighted by molar-refractivity contribution is 5.97. The molecule has 2 amide bonds. The fourth-order valence-corrected chi connectivity index (χ4v) is 2.20. The number of ether oxygens (including phenoxy) is 2. The molecule has 0 bridgehead atoms. The molecule has 0 saturated heterocycles. The molecule has 27 heavy (non-hydrogen) atoms. The van der Waals surface area contributed by atoms with E-state index >= 15 is 0 Å². The SMILES string of the molecule is CCNC(=O)c1cccc(NC(=O)COC(=O)C(C)Oc2ccccc2)c1. The lowest BCUT2D eigenvalue weighted by atomic mass is 10.2. The maximum atomic E-state index is 12.0. The van der Waals surface area contributed by atoms with Crippen molar-refractivity contribution in [3.8, 4) is 5.75 Å². The van der Waals surface area contributed by atoms with Crippen molar-refractivity contribution in [2.24, 2.45) is 0 Å². The van der Waals surface area contributed by atoms with Gasteiger partial charge >= 0.3 is 5.97 Å². The number of benzene rings is 2. The number of hydrogen-bond donors (Lipinski definition) is 2. The first-order valence-electron chi connectivity index (χ1n) is 8.56. The molecule has 0 aliphatic carbocycles. The molecule has 1 atom stereocenters. The summed E-state index contributed by atoms with van der Waals surface area (Å²) >= 11 is 0. The normalized spacial score (nSPS) is 11.2. The van der Waals surface area contributed by atoms with Crippen LogP contribution in [-0.4, -0.2) is 37.0 Å². The molecular formula is C20H22N2O5. The number of hydrogen-bond acceptors (Lipinski definition) is 5. The fraction of sp³-hybridized carbons (Fsp3) is 0.250. The molecule has 142 valence electrons. The summed E-state index contributed by atoms with van der Waals surface area (Å²) in [6, 6.07) is 15.3. The molecular weight excluding hydrogens is 348 g/mol. The van der Waals surface area contributed by atoms with Crippen LogP contribution in [0.2, 0.25) is 0 Å². The van der Waals surface area contributed by atoms with E-state index in [0.29, 0.717) is 23.5 Å². The molecule has 0 heterocycles. The van der Waals surface area contributed by atoms with Crippen LogP contribution < -0.4 is 15.4 Å². The summed E-state index contributed by atoms with van der Waals surface area (Å²) in [4.78, 5) is 35.7. The summed E-state index contributed by atoms with van der Waals surface area (Å²) in [5, 5.41) is 5.27. The molecule has 2 aromatic rings. The van der Waals surface area contributed by atoms with Crippen LogP contribution >= 0.6 is 0 Å². The van der Waals surface area contributed by atoms with E-state index in [-0.39, 0.29) is 5.91 Å². The molecule has 7 heteroatoms. The molecule has 2 rings (SSSR count). The summed E-state index contributed by atoms with van der Waals surface area (Å²) in [6.45, 7) is 3.42. The standard InChI is InChI=1S/C20H22N2O5/c1-3-21-19(24)15-8-7-9-16(12-15)22-18(23)13-26-20(25)14(2)27-17-10-5-4-6-11-17/h4-12,14H,3,13H2,1-2H3,(H,21,24)(H,22,23). The number of anilines is 1. The number of esters is 1. The van der Waals surface area contributed by atoms with Crippen molar-refractivity contribution in [1.82, 2.24) is 5.32 Å². The number of carbonyl (C=O) groups excluding carboxylic acids is 3. The Bertz CT molecular complexity index is 792. The quantitative estimate of drug-likeness (QED) is 0.696. The first kappa shape index (κ1) is 20.0. The van der Waals surface area contributed by atoms with E-state index in [2.05, 4.69) is 10.6 Å². The molecule has 0 fully saturated rings. The summed E-state index contributed by atoms with van der Waals surface area (Å²) in [7, 11) is 0. The molecule has 0 radical (unpaired) electrons. The Morgan fingerprint density at radius 3 is 2.48 bits per heavy atom. The van der Waals surface area contributed by atoms with Gasteiger partial charge in [0.25, 0.3) is 11.8 Å². The van der Waals surface area contributed by atoms with Gasteiger partial charge in [0.05, 0.1) is 0 Å². The van der Waals surface area contributed by atoms with Crippen molar-refractivity contribution in [2.45, 2.75) is 20.0 Å². The highest BCUT2D eigenvalue weighted by atomic mass is 16.6. The van der Waals surface area contributed by atoms with Crippen molar-refractivity contribution in [1.29, 1.82) is 0 Å². The largest absolute Gasteiger partial charge is 0.479 e. The summed E-state index contributed by atoms with van der Waals surface area (Å²) < 4.78 is 10.4. The maximum Gasteiger partial charge on any atom is 0.347 e. The Morgan fingerprint density at radius 1 is 1.04 bits per heavy atom. The minimum Gasteiger partial charge on any atom is -0.479 e. The van der Waals surface area contributed by atoms with Gasteiger partial charge in [-0.25, -0.2) is 4.79 Å². The Morgan fingerprint density at radius 2 is 1.78 bits per heavy atom. The minimum absolute atomic E-state index is 0.230. The molecule has 0 aliphatic rings. The third-order valence-electron chi connectivity index (χ3n) is 3.48. The Kier molecular flexibility index (Phi) is 7.37. The van der Waals surface area contributed by atoms with E-state index in [4.69, 9.17) is 9.47 Å². The zero-order valence-electron chi connectivity index (χ0n) is 15.2. The maximum absolute atomic E-state index is 12.0. The van der Waals surface area contributed by atoms with E-state index in [1.54, 1.807) is 55.5 Å². The average molecular weight is 370 g/mol. The number of amides is 2. The molecule has 0 aromatic heterocycles. The summed E-state index contributed by atoms with van der Waals surface area (Å²) in [5.74, 6) is -0.853. The second kappa shape index (κ2) is 9.96. The van der Waals surface area contributed by atoms with Crippen LogP contribution in [-0.2, 0) is 14.3 Å². The van der Waals surface area contributed by atoms with Crippen LogP contribution in [0, 0.1) is 0 Å². The van der Waals surface area contributed by atoms with Crippen LogP contribution in [0.3, 0.4) is 0 Å². The van der Waals surface area contributed by atoms with Crippen molar-refractivity contribution < 1.29 is 23.9 Å². The van der Waals surface area contributed by atoms with E-state index in [1.165, 1.54) is 0 Å². The van der Waals surface area contributed by atoms with Gasteiger partial charge in [0.1, 0.15) is 5.75 Å². The first-order chi connectivity index (χ1) is 13.0. The molecule has 0 spiro atoms. The molecule has 2 N–H and O–H groups in total. The van der Waals surface area contributed by atoms with Gasteiger partial charge < -0.3 is 20.1 Å². The fourth-order valence-electron chi connectivity index (χ4n) is 2.20. The third-order valence-corrected chi connectivity index (χ3v) is 3.48. The monoisotopic (exact) mass is 370 g/mol. The number of nitrogens with one attached hydrogen (secondary N) is 2. The van der Waals surface area contributed by atoms with Gasteiger partial charge in [-0.3, -0.25) is 9.59 Å². The number of rotatable bonds is 8. The van der Waals surface area contributed by atoms with E-state index in [9.17, 15) is 14.4 Å². The molecule has 1 unspecified atom stereocenters. The van der Waals surface area contributed by atoms with Gasteiger partial charge in [-0.2, -0.15) is 0 Å². The van der Waals surface area contributed by atoms with Crippen molar-refractivity contribution in [3.05, 3.63) is 60.2 Å². The first-order valence-corrected chi connectivity index (χ1v) is 8.56. The predicted octanol–water partition coefficient (Wildman–Crippen LogP) is 2.39. The van der Waals surface area contributed by atoms with E-state index in [1.807, 2.05) is 13.0 Å². The predicted molar refractivity (Wildman–Crippen MR) is 101 cm³/mol. The van der Waals surface area contributed by atoms with Crippen molar-refractivity contribution in [3.63, 3.8) is 0 Å². The van der Waals surface area contributed by atoms with Gasteiger partial charge in [-0.05, 0) is 44.2 Å². The second-order valence-electron chi connectivity index (χ2n) is 5.67. The topological polar surface area (TPSA) is 93.7 Å². The lowest BCUT2D eigenvalue weighted by Gasteiger charge is -2.14. The van der Waals surface area contributed by atoms with Crippen molar-refractivity contribution >= 4 is 23.5 Å². The Balaban J connectivity index is 1.82. The lowest BCUT2D eigenvalue weighted by molar-refractivity contribution is -0.153. The number of carbonyl (C=O) groups is 3. The van der Waals surface area contributed by atoms with Crippen LogP contribution in [0.1, 0.15) is 24.2 Å². The average Bonchev–Trinajstić information content (AvgIpc) is 2.67. The van der Waals surface area contributed by atoms with Gasteiger partial charge in [0.15, 0.2) is 12.7 Å². The summed E-state index contributed by atoms with van der Waals surface area (Å²) in [6.07, 6.45) is -0.846. The van der Waals surface area contributed by atoms with Gasteiger partial charge in [0, 0.05) is 17.8 Å². The minimum atomic E-state index is -0.846. The van der Waals surface area contributed by atoms with Gasteiger partial charge in [-0.1, -0.05) is 24.3 Å². The lowest BCUT2D eigenvalue weighted by Crippen LogP contribution is -2.29. The smallest absolute Gasteiger partial charge is 0.347 e. The molecule has 0 saturated carbocycles. The number of para-hydroxylation sites is 1. The molecule has 7 nitrogen and oxygen atoms in total. The Hall–Kier alpha value is -3.35. The van der Waals surface area contributed by atoms with Gasteiger partial charge in [0.2, 0.25) is 0 Å². The summed E-state index contributed by atoms with van der Waals surface area (Å²) in [5.41, 5.74) is 0.866. The Labute approximate surface area is 157 Å². The molecule has 0 aliphatic heterocycles. The van der Waals surface area contributed by atoms with Crippen LogP contribution in [0.15, 0.2) is 54.6 Å². The zero-order valence-corrected chi connectivity index (χ0v) is 15.2. The van der Waals surface area contributed by atoms with Gasteiger partial charge in [-0.15, -0.1) is 0 Å². The molecule has 2 aromatic carbocycles. The van der Waals surface area contributed by atoms with E-state index < -0.39 is 24.6 Å². The van der Waals surface area contributed by atoms with Crippen LogP contribution in [0.5, 0.6) is 5.75 Å². The third kappa shape index (κ3) is 6.47. The highest BCUT2D eigenvalue weighted by Crippen LogP contribution is 2.12. The zero-order chi connectivity index (χ0) is 19.6. The second-order valence-corrected chi connectivity index (χ2v) is 5.67. The van der Waals surface area contributed by atoms with Crippen LogP contribution in [0.25, 0.3) is 0 Å². The van der Waals surface area contributed by atoms with Crippen LogP contribution in [0.4, 0.5) is 5.69 Å². The highest BCUT2D eigenvalue weighted by Gasteiger charge is 2.18. The van der Waals surface area contributed by atoms with Crippen molar-refractivity contribution in [2.75, 3.05) is 18.5 Å².